The van der Waals surface area contributed by atoms with Gasteiger partial charge in [0.05, 0.1) is 0 Å². The van der Waals surface area contributed by atoms with E-state index in [4.69, 9.17) is 9.47 Å². The molecule has 0 atom stereocenters. The summed E-state index contributed by atoms with van der Waals surface area (Å²) in [5.74, 6) is 0.212. The van der Waals surface area contributed by atoms with E-state index >= 15 is 0 Å². The zero-order chi connectivity index (χ0) is 13.7. The molecule has 2 aromatic rings. The molecule has 0 amide bonds. The molecular formula is C15H13FO3. The second-order valence-electron chi connectivity index (χ2n) is 3.93. The fourth-order valence-electron chi connectivity index (χ4n) is 1.76. The summed E-state index contributed by atoms with van der Waals surface area (Å²) in [7, 11) is 1.53. The van der Waals surface area contributed by atoms with Gasteiger partial charge in [0, 0.05) is 12.7 Å². The number of aldehydes is 1. The lowest BCUT2D eigenvalue weighted by Crippen LogP contribution is -1.98. The third kappa shape index (κ3) is 3.17. The van der Waals surface area contributed by atoms with E-state index < -0.39 is 0 Å². The van der Waals surface area contributed by atoms with Crippen LogP contribution in [0.2, 0.25) is 0 Å². The Kier molecular flexibility index (Phi) is 4.26. The highest BCUT2D eigenvalue weighted by molar-refractivity contribution is 5.87. The Bertz CT molecular complexity index is 581. The van der Waals surface area contributed by atoms with Crippen LogP contribution < -0.4 is 4.74 Å². The van der Waals surface area contributed by atoms with Gasteiger partial charge in [-0.25, -0.2) is 4.39 Å². The summed E-state index contributed by atoms with van der Waals surface area (Å²) >= 11 is 0. The number of hydrogen-bond donors (Lipinski definition) is 0. The Labute approximate surface area is 110 Å². The summed E-state index contributed by atoms with van der Waals surface area (Å²) in [4.78, 5) is 11.0. The quantitative estimate of drug-likeness (QED) is 0.611. The van der Waals surface area contributed by atoms with E-state index in [1.807, 2.05) is 0 Å². The first-order valence-electron chi connectivity index (χ1n) is 5.71. The lowest BCUT2D eigenvalue weighted by Gasteiger charge is -2.09. The molecule has 0 unspecified atom stereocenters. The minimum atomic E-state index is -0.385. The van der Waals surface area contributed by atoms with E-state index in [2.05, 4.69) is 0 Å². The molecule has 19 heavy (non-hydrogen) atoms. The summed E-state index contributed by atoms with van der Waals surface area (Å²) in [5, 5.41) is 0. The Hall–Kier alpha value is -2.20. The number of carbonyl (C=O) groups excluding carboxylic acids is 1. The van der Waals surface area contributed by atoms with Crippen molar-refractivity contribution in [3.63, 3.8) is 0 Å². The lowest BCUT2D eigenvalue weighted by atomic mass is 10.00. The number of hydrogen-bond acceptors (Lipinski definition) is 3. The Morgan fingerprint density at radius 2 is 2.05 bits per heavy atom. The van der Waals surface area contributed by atoms with Gasteiger partial charge < -0.3 is 9.47 Å². The van der Waals surface area contributed by atoms with Gasteiger partial charge in [-0.15, -0.1) is 0 Å². The van der Waals surface area contributed by atoms with Gasteiger partial charge in [-0.3, -0.25) is 4.79 Å². The highest BCUT2D eigenvalue weighted by atomic mass is 19.1. The largest absolute Gasteiger partial charge is 0.468 e. The molecule has 0 aliphatic heterocycles. The summed E-state index contributed by atoms with van der Waals surface area (Å²) in [6, 6.07) is 11.1. The average Bonchev–Trinajstić information content (AvgIpc) is 2.45. The summed E-state index contributed by atoms with van der Waals surface area (Å²) < 4.78 is 23.4. The second-order valence-corrected chi connectivity index (χ2v) is 3.93. The predicted octanol–water partition coefficient (Wildman–Crippen LogP) is 3.29. The summed E-state index contributed by atoms with van der Waals surface area (Å²) in [6.07, 6.45) is 0.706. The van der Waals surface area contributed by atoms with Crippen LogP contribution in [0, 0.1) is 5.82 Å². The Morgan fingerprint density at radius 3 is 2.79 bits per heavy atom. The van der Waals surface area contributed by atoms with Crippen molar-refractivity contribution in [2.45, 2.75) is 0 Å². The summed E-state index contributed by atoms with van der Waals surface area (Å²) in [6.45, 7) is 0.132. The van der Waals surface area contributed by atoms with Gasteiger partial charge >= 0.3 is 0 Å². The van der Waals surface area contributed by atoms with Crippen LogP contribution >= 0.6 is 0 Å². The van der Waals surface area contributed by atoms with E-state index in [0.29, 0.717) is 23.2 Å². The van der Waals surface area contributed by atoms with Crippen molar-refractivity contribution >= 4 is 6.29 Å². The Morgan fingerprint density at radius 1 is 1.21 bits per heavy atom. The predicted molar refractivity (Wildman–Crippen MR) is 69.7 cm³/mol. The maximum atomic E-state index is 13.3. The number of benzene rings is 2. The molecule has 0 N–H and O–H groups in total. The highest BCUT2D eigenvalue weighted by Crippen LogP contribution is 2.27. The van der Waals surface area contributed by atoms with Crippen LogP contribution in [0.1, 0.15) is 10.4 Å². The van der Waals surface area contributed by atoms with Gasteiger partial charge in [0.2, 0.25) is 0 Å². The smallest absolute Gasteiger partial charge is 0.188 e. The molecule has 2 aromatic carbocycles. The number of halogens is 1. The van der Waals surface area contributed by atoms with Gasteiger partial charge in [0.25, 0.3) is 0 Å². The Balaban J connectivity index is 2.40. The molecule has 0 saturated carbocycles. The van der Waals surface area contributed by atoms with Crippen LogP contribution in [-0.2, 0) is 4.74 Å². The lowest BCUT2D eigenvalue weighted by molar-refractivity contribution is 0.0511. The number of rotatable bonds is 5. The van der Waals surface area contributed by atoms with Crippen molar-refractivity contribution in [1.29, 1.82) is 0 Å². The van der Waals surface area contributed by atoms with Crippen LogP contribution in [0.25, 0.3) is 11.1 Å². The molecule has 0 radical (unpaired) electrons. The fourth-order valence-corrected chi connectivity index (χ4v) is 1.76. The fraction of sp³-hybridized carbons (Fsp3) is 0.133. The molecule has 0 aliphatic rings. The number of ether oxygens (including phenoxy) is 2. The van der Waals surface area contributed by atoms with E-state index in [0.717, 1.165) is 5.56 Å². The first-order valence-corrected chi connectivity index (χ1v) is 5.71. The van der Waals surface area contributed by atoms with E-state index in [1.54, 1.807) is 24.3 Å². The van der Waals surface area contributed by atoms with E-state index in [9.17, 15) is 9.18 Å². The second kappa shape index (κ2) is 6.11. The van der Waals surface area contributed by atoms with Crippen LogP contribution in [0.3, 0.4) is 0 Å². The number of carbonyl (C=O) groups is 1. The van der Waals surface area contributed by atoms with Crippen LogP contribution in [-0.4, -0.2) is 20.2 Å². The molecule has 0 aromatic heterocycles. The number of methoxy groups -OCH3 is 1. The SMILES string of the molecule is COCOc1cccc(-c2cc(F)ccc2C=O)c1. The van der Waals surface area contributed by atoms with Gasteiger partial charge in [-0.2, -0.15) is 0 Å². The normalized spacial score (nSPS) is 10.2. The molecule has 0 fully saturated rings. The molecule has 4 heteroatoms. The molecular weight excluding hydrogens is 247 g/mol. The molecule has 0 heterocycles. The zero-order valence-electron chi connectivity index (χ0n) is 10.4. The average molecular weight is 260 g/mol. The first-order chi connectivity index (χ1) is 9.24. The summed E-state index contributed by atoms with van der Waals surface area (Å²) in [5.41, 5.74) is 1.69. The van der Waals surface area contributed by atoms with E-state index in [-0.39, 0.29) is 12.6 Å². The van der Waals surface area contributed by atoms with Crippen molar-refractivity contribution < 1.29 is 18.7 Å². The van der Waals surface area contributed by atoms with Gasteiger partial charge in [0.15, 0.2) is 13.1 Å². The van der Waals surface area contributed by atoms with Crippen molar-refractivity contribution in [3.8, 4) is 16.9 Å². The molecule has 0 spiro atoms. The minimum Gasteiger partial charge on any atom is -0.468 e. The molecule has 0 bridgehead atoms. The zero-order valence-corrected chi connectivity index (χ0v) is 10.4. The monoisotopic (exact) mass is 260 g/mol. The molecule has 0 aliphatic carbocycles. The van der Waals surface area contributed by atoms with E-state index in [1.165, 1.54) is 25.3 Å². The van der Waals surface area contributed by atoms with Gasteiger partial charge in [0.1, 0.15) is 11.6 Å². The highest BCUT2D eigenvalue weighted by Gasteiger charge is 2.07. The maximum Gasteiger partial charge on any atom is 0.188 e. The standard InChI is InChI=1S/C15H13FO3/c1-18-10-19-14-4-2-3-11(7-14)15-8-13(16)6-5-12(15)9-17/h2-9H,10H2,1H3. The van der Waals surface area contributed by atoms with Gasteiger partial charge in [-0.05, 0) is 41.5 Å². The topological polar surface area (TPSA) is 35.5 Å². The minimum absolute atomic E-state index is 0.132. The van der Waals surface area contributed by atoms with Crippen molar-refractivity contribution in [2.75, 3.05) is 13.9 Å². The van der Waals surface area contributed by atoms with Crippen molar-refractivity contribution in [2.24, 2.45) is 0 Å². The molecule has 0 saturated heterocycles. The molecule has 3 nitrogen and oxygen atoms in total. The van der Waals surface area contributed by atoms with Crippen molar-refractivity contribution in [3.05, 3.63) is 53.8 Å². The third-order valence-corrected chi connectivity index (χ3v) is 2.63. The maximum absolute atomic E-state index is 13.3. The van der Waals surface area contributed by atoms with Crippen molar-refractivity contribution in [1.82, 2.24) is 0 Å². The first kappa shape index (κ1) is 13.2. The van der Waals surface area contributed by atoms with Gasteiger partial charge in [-0.1, -0.05) is 12.1 Å². The van der Waals surface area contributed by atoms with Crippen LogP contribution in [0.5, 0.6) is 5.75 Å². The molecule has 2 rings (SSSR count). The van der Waals surface area contributed by atoms with Crippen LogP contribution in [0.4, 0.5) is 4.39 Å². The third-order valence-electron chi connectivity index (χ3n) is 2.63. The molecule has 98 valence electrons. The van der Waals surface area contributed by atoms with Crippen LogP contribution in [0.15, 0.2) is 42.5 Å².